The fourth-order valence-corrected chi connectivity index (χ4v) is 2.66. The van der Waals surface area contributed by atoms with E-state index in [1.54, 1.807) is 18.2 Å². The van der Waals surface area contributed by atoms with Crippen LogP contribution in [0.15, 0.2) is 78.9 Å². The van der Waals surface area contributed by atoms with E-state index in [4.69, 9.17) is 14.2 Å². The molecule has 27 heavy (non-hydrogen) atoms. The topological polar surface area (TPSA) is 44.8 Å². The van der Waals surface area contributed by atoms with Gasteiger partial charge in [0.25, 0.3) is 0 Å². The van der Waals surface area contributed by atoms with E-state index in [2.05, 4.69) is 12.1 Å². The lowest BCUT2D eigenvalue weighted by atomic mass is 10.1. The van der Waals surface area contributed by atoms with Crippen molar-refractivity contribution in [3.63, 3.8) is 0 Å². The van der Waals surface area contributed by atoms with Gasteiger partial charge in [0, 0.05) is 12.5 Å². The van der Waals surface area contributed by atoms with Gasteiger partial charge in [0.15, 0.2) is 0 Å². The van der Waals surface area contributed by atoms with Crippen molar-refractivity contribution in [3.8, 4) is 11.5 Å². The summed E-state index contributed by atoms with van der Waals surface area (Å²) in [6.07, 6.45) is 0.805. The molecule has 0 spiro atoms. The highest BCUT2D eigenvalue weighted by atomic mass is 16.5. The molecule has 138 valence electrons. The van der Waals surface area contributed by atoms with Gasteiger partial charge >= 0.3 is 5.97 Å². The van der Waals surface area contributed by atoms with Gasteiger partial charge in [0.1, 0.15) is 23.7 Å². The third kappa shape index (κ3) is 5.35. The third-order valence-corrected chi connectivity index (χ3v) is 4.10. The van der Waals surface area contributed by atoms with Gasteiger partial charge in [-0.15, -0.1) is 0 Å². The second-order valence-electron chi connectivity index (χ2n) is 6.01. The van der Waals surface area contributed by atoms with Crippen molar-refractivity contribution in [2.75, 3.05) is 13.7 Å². The molecular weight excluding hydrogens is 340 g/mol. The molecule has 3 aromatic rings. The summed E-state index contributed by atoms with van der Waals surface area (Å²) in [5, 5.41) is 0. The van der Waals surface area contributed by atoms with E-state index in [1.807, 2.05) is 48.5 Å². The van der Waals surface area contributed by atoms with Crippen LogP contribution in [0.25, 0.3) is 0 Å². The van der Waals surface area contributed by atoms with E-state index >= 15 is 0 Å². The Balaban J connectivity index is 1.68. The summed E-state index contributed by atoms with van der Waals surface area (Å²) in [5.74, 6) is 0.665. The highest BCUT2D eigenvalue weighted by Gasteiger charge is 2.14. The molecule has 0 unspecified atom stereocenters. The number of hydrogen-bond donors (Lipinski definition) is 0. The average molecular weight is 362 g/mol. The molecule has 0 fully saturated rings. The normalized spacial score (nSPS) is 10.3. The lowest BCUT2D eigenvalue weighted by Gasteiger charge is -2.13. The Morgan fingerprint density at radius 3 is 2.15 bits per heavy atom. The fourth-order valence-electron chi connectivity index (χ4n) is 2.66. The molecule has 0 atom stereocenters. The molecule has 0 saturated heterocycles. The summed E-state index contributed by atoms with van der Waals surface area (Å²) in [5.41, 5.74) is 2.61. The highest BCUT2D eigenvalue weighted by Crippen LogP contribution is 2.27. The van der Waals surface area contributed by atoms with Gasteiger partial charge in [-0.1, -0.05) is 60.7 Å². The monoisotopic (exact) mass is 362 g/mol. The van der Waals surface area contributed by atoms with Crippen molar-refractivity contribution in [1.82, 2.24) is 0 Å². The molecule has 0 bridgehead atoms. The van der Waals surface area contributed by atoms with Crippen molar-refractivity contribution < 1.29 is 19.0 Å². The quantitative estimate of drug-likeness (QED) is 0.546. The molecule has 0 heterocycles. The fraction of sp³-hybridized carbons (Fsp3) is 0.174. The van der Waals surface area contributed by atoms with Gasteiger partial charge in [0.2, 0.25) is 0 Å². The van der Waals surface area contributed by atoms with Crippen molar-refractivity contribution in [2.45, 2.75) is 13.0 Å². The first-order chi connectivity index (χ1) is 13.3. The van der Waals surface area contributed by atoms with Gasteiger partial charge in [-0.25, -0.2) is 4.79 Å². The van der Waals surface area contributed by atoms with Crippen molar-refractivity contribution >= 4 is 5.97 Å². The van der Waals surface area contributed by atoms with E-state index in [0.717, 1.165) is 12.0 Å². The number of rotatable bonds is 8. The molecule has 0 aromatic heterocycles. The van der Waals surface area contributed by atoms with Crippen LogP contribution in [0.5, 0.6) is 11.5 Å². The number of carbonyl (C=O) groups excluding carboxylic acids is 1. The minimum absolute atomic E-state index is 0.359. The van der Waals surface area contributed by atoms with E-state index in [1.165, 1.54) is 12.7 Å². The molecule has 0 N–H and O–H groups in total. The predicted octanol–water partition coefficient (Wildman–Crippen LogP) is 4.67. The average Bonchev–Trinajstić information content (AvgIpc) is 2.73. The van der Waals surface area contributed by atoms with Crippen LogP contribution in [-0.2, 0) is 17.8 Å². The Morgan fingerprint density at radius 2 is 1.48 bits per heavy atom. The maximum absolute atomic E-state index is 12.0. The Hall–Kier alpha value is -3.27. The van der Waals surface area contributed by atoms with Gasteiger partial charge in [-0.2, -0.15) is 0 Å². The molecule has 0 aliphatic carbocycles. The van der Waals surface area contributed by atoms with Crippen LogP contribution in [0.2, 0.25) is 0 Å². The first kappa shape index (κ1) is 18.5. The molecule has 0 amide bonds. The van der Waals surface area contributed by atoms with Crippen LogP contribution in [0, 0.1) is 0 Å². The van der Waals surface area contributed by atoms with Crippen molar-refractivity contribution in [1.29, 1.82) is 0 Å². The summed E-state index contributed by atoms with van der Waals surface area (Å²) < 4.78 is 16.6. The maximum atomic E-state index is 12.0. The lowest BCUT2D eigenvalue weighted by Crippen LogP contribution is -2.07. The van der Waals surface area contributed by atoms with Gasteiger partial charge in [-0.05, 0) is 23.3 Å². The van der Waals surface area contributed by atoms with Crippen LogP contribution >= 0.6 is 0 Å². The zero-order chi connectivity index (χ0) is 18.9. The SMILES string of the molecule is COC(=O)c1ccc(OCCc2ccccc2)cc1OCc1ccccc1. The largest absolute Gasteiger partial charge is 0.493 e. The van der Waals surface area contributed by atoms with E-state index in [-0.39, 0.29) is 0 Å². The summed E-state index contributed by atoms with van der Waals surface area (Å²) in [6.45, 7) is 0.901. The highest BCUT2D eigenvalue weighted by molar-refractivity contribution is 5.92. The Labute approximate surface area is 159 Å². The zero-order valence-electron chi connectivity index (χ0n) is 15.3. The van der Waals surface area contributed by atoms with E-state index in [9.17, 15) is 4.79 Å². The number of ether oxygens (including phenoxy) is 3. The number of benzene rings is 3. The Kier molecular flexibility index (Phi) is 6.47. The first-order valence-electron chi connectivity index (χ1n) is 8.82. The van der Waals surface area contributed by atoms with Crippen molar-refractivity contribution in [2.24, 2.45) is 0 Å². The molecule has 4 heteroatoms. The minimum atomic E-state index is -0.436. The third-order valence-electron chi connectivity index (χ3n) is 4.10. The Bertz CT molecular complexity index is 860. The minimum Gasteiger partial charge on any atom is -0.493 e. The number of hydrogen-bond acceptors (Lipinski definition) is 4. The summed E-state index contributed by atoms with van der Waals surface area (Å²) in [6, 6.07) is 25.1. The summed E-state index contributed by atoms with van der Waals surface area (Å²) in [7, 11) is 1.35. The molecule has 4 nitrogen and oxygen atoms in total. The van der Waals surface area contributed by atoms with Gasteiger partial charge < -0.3 is 14.2 Å². The summed E-state index contributed by atoms with van der Waals surface area (Å²) >= 11 is 0. The first-order valence-corrected chi connectivity index (χ1v) is 8.82. The molecule has 3 aromatic carbocycles. The molecular formula is C23H22O4. The van der Waals surface area contributed by atoms with Gasteiger partial charge in [-0.3, -0.25) is 0 Å². The molecule has 0 aliphatic rings. The van der Waals surface area contributed by atoms with Crippen LogP contribution in [0.1, 0.15) is 21.5 Å². The van der Waals surface area contributed by atoms with Crippen molar-refractivity contribution in [3.05, 3.63) is 95.6 Å². The maximum Gasteiger partial charge on any atom is 0.341 e. The summed E-state index contributed by atoms with van der Waals surface area (Å²) in [4.78, 5) is 12.0. The molecule has 0 aliphatic heterocycles. The lowest BCUT2D eigenvalue weighted by molar-refractivity contribution is 0.0595. The molecule has 0 saturated carbocycles. The number of methoxy groups -OCH3 is 1. The smallest absolute Gasteiger partial charge is 0.341 e. The van der Waals surface area contributed by atoms with Crippen LogP contribution in [0.3, 0.4) is 0 Å². The second-order valence-corrected chi connectivity index (χ2v) is 6.01. The number of carbonyl (C=O) groups is 1. The standard InChI is InChI=1S/C23H22O4/c1-25-23(24)21-13-12-20(26-15-14-18-8-4-2-5-9-18)16-22(21)27-17-19-10-6-3-7-11-19/h2-13,16H,14-15,17H2,1H3. The van der Waals surface area contributed by atoms with E-state index < -0.39 is 5.97 Å². The second kappa shape index (κ2) is 9.43. The molecule has 3 rings (SSSR count). The Morgan fingerprint density at radius 1 is 0.815 bits per heavy atom. The predicted molar refractivity (Wildman–Crippen MR) is 104 cm³/mol. The van der Waals surface area contributed by atoms with Crippen LogP contribution in [-0.4, -0.2) is 19.7 Å². The van der Waals surface area contributed by atoms with Crippen LogP contribution < -0.4 is 9.47 Å². The van der Waals surface area contributed by atoms with Crippen LogP contribution in [0.4, 0.5) is 0 Å². The number of esters is 1. The zero-order valence-corrected chi connectivity index (χ0v) is 15.3. The van der Waals surface area contributed by atoms with Gasteiger partial charge in [0.05, 0.1) is 13.7 Å². The molecule has 0 radical (unpaired) electrons. The van der Waals surface area contributed by atoms with E-state index in [0.29, 0.717) is 30.3 Å².